The molecule has 3 unspecified atom stereocenters. The van der Waals surface area contributed by atoms with E-state index >= 15 is 0 Å². The van der Waals surface area contributed by atoms with Crippen molar-refractivity contribution in [1.82, 2.24) is 4.90 Å². The van der Waals surface area contributed by atoms with Gasteiger partial charge in [-0.25, -0.2) is 0 Å². The van der Waals surface area contributed by atoms with Crippen LogP contribution in [0.25, 0.3) is 0 Å². The lowest BCUT2D eigenvalue weighted by molar-refractivity contribution is 0.0430. The average Bonchev–Trinajstić information content (AvgIpc) is 2.39. The molecular weight excluding hydrogens is 220 g/mol. The van der Waals surface area contributed by atoms with E-state index in [0.717, 1.165) is 30.3 Å². The van der Waals surface area contributed by atoms with Gasteiger partial charge in [0.15, 0.2) is 0 Å². The van der Waals surface area contributed by atoms with E-state index in [1.807, 2.05) is 0 Å². The molecule has 1 aliphatic heterocycles. The third-order valence-electron chi connectivity index (χ3n) is 5.23. The first-order valence-corrected chi connectivity index (χ1v) is 8.16. The van der Waals surface area contributed by atoms with Crippen molar-refractivity contribution in [1.29, 1.82) is 0 Å². The molecule has 18 heavy (non-hydrogen) atoms. The molecule has 0 spiro atoms. The topological polar surface area (TPSA) is 29.3 Å². The lowest BCUT2D eigenvalue weighted by atomic mass is 9.76. The van der Waals surface area contributed by atoms with Crippen LogP contribution in [0.2, 0.25) is 0 Å². The summed E-state index contributed by atoms with van der Waals surface area (Å²) >= 11 is 0. The van der Waals surface area contributed by atoms with E-state index in [1.165, 1.54) is 58.0 Å². The van der Waals surface area contributed by atoms with Crippen LogP contribution in [0, 0.1) is 17.8 Å². The smallest absolute Gasteiger partial charge is 0.0126 e. The summed E-state index contributed by atoms with van der Waals surface area (Å²) in [5, 5.41) is 0. The molecule has 2 heteroatoms. The molecule has 0 amide bonds. The van der Waals surface area contributed by atoms with Gasteiger partial charge >= 0.3 is 0 Å². The van der Waals surface area contributed by atoms with Gasteiger partial charge in [-0.1, -0.05) is 26.7 Å². The number of likely N-dealkylation sites (tertiary alicyclic amines) is 1. The molecule has 2 aliphatic rings. The highest BCUT2D eigenvalue weighted by Crippen LogP contribution is 2.35. The summed E-state index contributed by atoms with van der Waals surface area (Å²) in [7, 11) is 0. The van der Waals surface area contributed by atoms with E-state index in [9.17, 15) is 0 Å². The molecule has 2 nitrogen and oxygen atoms in total. The summed E-state index contributed by atoms with van der Waals surface area (Å²) in [5.74, 6) is 2.67. The molecule has 0 radical (unpaired) electrons. The summed E-state index contributed by atoms with van der Waals surface area (Å²) in [6.45, 7) is 8.38. The fraction of sp³-hybridized carbons (Fsp3) is 1.00. The normalized spacial score (nSPS) is 35.0. The van der Waals surface area contributed by atoms with Crippen molar-refractivity contribution >= 4 is 0 Å². The van der Waals surface area contributed by atoms with Crippen molar-refractivity contribution in [2.45, 2.75) is 64.8 Å². The molecule has 0 bridgehead atoms. The second-order valence-corrected chi connectivity index (χ2v) is 6.84. The molecule has 2 N–H and O–H groups in total. The number of hydrogen-bond donors (Lipinski definition) is 1. The zero-order chi connectivity index (χ0) is 13.0. The van der Waals surface area contributed by atoms with E-state index in [4.69, 9.17) is 5.73 Å². The number of nitrogens with two attached hydrogens (primary N) is 1. The zero-order valence-electron chi connectivity index (χ0n) is 12.4. The first-order valence-electron chi connectivity index (χ1n) is 8.16. The Morgan fingerprint density at radius 3 is 2.61 bits per heavy atom. The number of hydrogen-bond acceptors (Lipinski definition) is 2. The van der Waals surface area contributed by atoms with Gasteiger partial charge in [0, 0.05) is 12.6 Å². The minimum Gasteiger partial charge on any atom is -0.330 e. The summed E-state index contributed by atoms with van der Waals surface area (Å²) in [6, 6.07) is 0.874. The molecule has 1 aliphatic carbocycles. The van der Waals surface area contributed by atoms with Crippen LogP contribution in [-0.2, 0) is 0 Å². The van der Waals surface area contributed by atoms with Gasteiger partial charge < -0.3 is 5.73 Å². The molecule has 0 aromatic heterocycles. The van der Waals surface area contributed by atoms with Crippen LogP contribution in [0.4, 0.5) is 0 Å². The van der Waals surface area contributed by atoms with Crippen LogP contribution in [0.3, 0.4) is 0 Å². The maximum absolute atomic E-state index is 5.74. The van der Waals surface area contributed by atoms with Crippen molar-refractivity contribution in [3.8, 4) is 0 Å². The van der Waals surface area contributed by atoms with E-state index in [0.29, 0.717) is 0 Å². The Morgan fingerprint density at radius 2 is 1.89 bits per heavy atom. The number of nitrogens with zero attached hydrogens (tertiary/aromatic N) is 1. The summed E-state index contributed by atoms with van der Waals surface area (Å²) in [6.07, 6.45) is 9.85. The van der Waals surface area contributed by atoms with Crippen LogP contribution < -0.4 is 5.73 Å². The largest absolute Gasteiger partial charge is 0.330 e. The predicted octanol–water partition coefficient (Wildman–Crippen LogP) is 3.26. The van der Waals surface area contributed by atoms with Crippen LogP contribution >= 0.6 is 0 Å². The Balaban J connectivity index is 1.95. The third-order valence-corrected chi connectivity index (χ3v) is 5.23. The van der Waals surface area contributed by atoms with E-state index < -0.39 is 0 Å². The van der Waals surface area contributed by atoms with Crippen molar-refractivity contribution in [2.75, 3.05) is 19.6 Å². The van der Waals surface area contributed by atoms with Crippen molar-refractivity contribution in [3.63, 3.8) is 0 Å². The molecule has 2 rings (SSSR count). The maximum Gasteiger partial charge on any atom is 0.0126 e. The first-order chi connectivity index (χ1) is 8.72. The van der Waals surface area contributed by atoms with Gasteiger partial charge in [0.2, 0.25) is 0 Å². The Hall–Kier alpha value is -0.0800. The minimum absolute atomic E-state index is 0.852. The Kier molecular flexibility index (Phi) is 5.50. The zero-order valence-corrected chi connectivity index (χ0v) is 12.4. The summed E-state index contributed by atoms with van der Waals surface area (Å²) < 4.78 is 0. The molecule has 1 saturated carbocycles. The van der Waals surface area contributed by atoms with Crippen LogP contribution in [-0.4, -0.2) is 30.6 Å². The lowest BCUT2D eigenvalue weighted by Crippen LogP contribution is -2.48. The second-order valence-electron chi connectivity index (χ2n) is 6.84. The molecule has 1 heterocycles. The Bertz CT molecular complexity index is 237. The third kappa shape index (κ3) is 3.48. The molecule has 2 fully saturated rings. The molecule has 0 aromatic carbocycles. The van der Waals surface area contributed by atoms with Gasteiger partial charge in [-0.05, 0) is 62.9 Å². The highest BCUT2D eigenvalue weighted by molar-refractivity contribution is 4.87. The van der Waals surface area contributed by atoms with Crippen LogP contribution in [0.15, 0.2) is 0 Å². The molecular formula is C16H32N2. The quantitative estimate of drug-likeness (QED) is 0.832. The Morgan fingerprint density at radius 1 is 1.11 bits per heavy atom. The highest BCUT2D eigenvalue weighted by Gasteiger charge is 2.34. The van der Waals surface area contributed by atoms with Gasteiger partial charge in [-0.2, -0.15) is 0 Å². The van der Waals surface area contributed by atoms with Gasteiger partial charge in [-0.15, -0.1) is 0 Å². The Labute approximate surface area is 113 Å². The maximum atomic E-state index is 5.74. The van der Waals surface area contributed by atoms with Crippen LogP contribution in [0.5, 0.6) is 0 Å². The van der Waals surface area contributed by atoms with Crippen molar-refractivity contribution < 1.29 is 0 Å². The number of piperidine rings is 1. The fourth-order valence-corrected chi connectivity index (χ4v) is 4.24. The molecule has 106 valence electrons. The van der Waals surface area contributed by atoms with Crippen molar-refractivity contribution in [2.24, 2.45) is 23.5 Å². The van der Waals surface area contributed by atoms with Crippen molar-refractivity contribution in [3.05, 3.63) is 0 Å². The SMILES string of the molecule is CC(C)C1CCCCC1N1CCCC(CCN)C1. The predicted molar refractivity (Wildman–Crippen MR) is 78.6 cm³/mol. The van der Waals surface area contributed by atoms with Gasteiger partial charge in [0.25, 0.3) is 0 Å². The molecule has 1 saturated heterocycles. The molecule has 3 atom stereocenters. The van der Waals surface area contributed by atoms with Gasteiger partial charge in [-0.3, -0.25) is 4.90 Å². The van der Waals surface area contributed by atoms with E-state index in [2.05, 4.69) is 18.7 Å². The molecule has 0 aromatic rings. The highest BCUT2D eigenvalue weighted by atomic mass is 15.2. The fourth-order valence-electron chi connectivity index (χ4n) is 4.24. The summed E-state index contributed by atoms with van der Waals surface area (Å²) in [4.78, 5) is 2.83. The summed E-state index contributed by atoms with van der Waals surface area (Å²) in [5.41, 5.74) is 5.74. The van der Waals surface area contributed by atoms with Gasteiger partial charge in [0.05, 0.1) is 0 Å². The monoisotopic (exact) mass is 252 g/mol. The standard InChI is InChI=1S/C16H32N2/c1-13(2)15-7-3-4-8-16(15)18-11-5-6-14(12-18)9-10-17/h13-16H,3-12,17H2,1-2H3. The number of rotatable bonds is 4. The van der Waals surface area contributed by atoms with E-state index in [-0.39, 0.29) is 0 Å². The average molecular weight is 252 g/mol. The lowest BCUT2D eigenvalue weighted by Gasteiger charge is -2.45. The van der Waals surface area contributed by atoms with E-state index in [1.54, 1.807) is 0 Å². The van der Waals surface area contributed by atoms with Crippen LogP contribution in [0.1, 0.15) is 58.8 Å². The minimum atomic E-state index is 0.852. The first kappa shape index (κ1) is 14.3. The van der Waals surface area contributed by atoms with Gasteiger partial charge in [0.1, 0.15) is 0 Å². The second kappa shape index (κ2) is 6.91.